The van der Waals surface area contributed by atoms with Gasteiger partial charge in [-0.2, -0.15) is 0 Å². The Labute approximate surface area is 542 Å². The Hall–Kier alpha value is -5.45. The second-order valence-corrected chi connectivity index (χ2v) is 23.9. The summed E-state index contributed by atoms with van der Waals surface area (Å²) in [6.45, 7) is 7.16. The van der Waals surface area contributed by atoms with Gasteiger partial charge in [-0.25, -0.2) is 0 Å². The number of rotatable bonds is 46. The molecule has 22 heteroatoms. The SMILES string of the molecule is CC(/C=C/CC/C=C/C=C/C=C/C=C/C(=O)NC1=C(O)CCC1=O)C(O)C(C)C(O)/C=C/C=C/C=C/C=C\C=C\CC(O[C@@H]1O[C@@H](C)[C@H](O)[C@@H](O)[C@H]1O)C(C)C(=O)CC(O)CC(O)CC(O)/C=C\CC(O)CC(O)CC(O)CC(O)/C=C/CC(O)CC(O)CCCN. The fraction of sp³-hybridized carbons (Fsp3) is 0.586. The van der Waals surface area contributed by atoms with E-state index in [1.807, 2.05) is 37.3 Å². The summed E-state index contributed by atoms with van der Waals surface area (Å²) < 4.78 is 11.7. The van der Waals surface area contributed by atoms with Crippen molar-refractivity contribution in [2.24, 2.45) is 23.5 Å². The largest absolute Gasteiger partial charge is 0.510 e. The molecule has 2 aliphatic rings. The molecule has 15 unspecified atom stereocenters. The number of carbonyl (C=O) groups excluding carboxylic acids is 3. The van der Waals surface area contributed by atoms with Crippen LogP contribution < -0.4 is 11.1 Å². The minimum atomic E-state index is -1.65. The number of Topliss-reactive ketones (excluding diaryl/α,β-unsaturated/α-hetero) is 2. The minimum absolute atomic E-state index is 0.0207. The Morgan fingerprint density at radius 1 is 0.576 bits per heavy atom. The van der Waals surface area contributed by atoms with Gasteiger partial charge in [0.15, 0.2) is 12.1 Å². The van der Waals surface area contributed by atoms with Crippen molar-refractivity contribution < 1.29 is 100 Å². The van der Waals surface area contributed by atoms with Crippen LogP contribution in [0, 0.1) is 17.8 Å². The van der Waals surface area contributed by atoms with Crippen LogP contribution in [0.15, 0.2) is 157 Å². The highest BCUT2D eigenvalue weighted by atomic mass is 16.7. The summed E-state index contributed by atoms with van der Waals surface area (Å²) in [7, 11) is 0. The molecule has 1 aliphatic carbocycles. The highest BCUT2D eigenvalue weighted by molar-refractivity contribution is 6.03. The van der Waals surface area contributed by atoms with Crippen LogP contribution >= 0.6 is 0 Å². The van der Waals surface area contributed by atoms with Crippen molar-refractivity contribution in [1.82, 2.24) is 5.32 Å². The second-order valence-electron chi connectivity index (χ2n) is 23.9. The van der Waals surface area contributed by atoms with Crippen molar-refractivity contribution in [2.45, 2.75) is 234 Å². The van der Waals surface area contributed by atoms with Crippen LogP contribution in [0.5, 0.6) is 0 Å². The number of nitrogens with one attached hydrogen (secondary N) is 1. The van der Waals surface area contributed by atoms with E-state index in [4.69, 9.17) is 15.2 Å². The molecular weight excluding hydrogens is 1190 g/mol. The third-order valence-electron chi connectivity index (χ3n) is 15.6. The topological polar surface area (TPSA) is 411 Å². The van der Waals surface area contributed by atoms with E-state index in [1.165, 1.54) is 37.3 Å². The van der Waals surface area contributed by atoms with Crippen molar-refractivity contribution in [2.75, 3.05) is 6.54 Å². The molecule has 0 radical (unpaired) electrons. The molecule has 0 saturated carbocycles. The predicted molar refractivity (Wildman–Crippen MR) is 351 cm³/mol. The number of allylic oxidation sites excluding steroid dienone is 18. The number of aliphatic hydroxyl groups is 15. The quantitative estimate of drug-likeness (QED) is 0.0177. The van der Waals surface area contributed by atoms with Crippen LogP contribution in [0.2, 0.25) is 0 Å². The Bertz CT molecular complexity index is 2520. The minimum Gasteiger partial charge on any atom is -0.510 e. The average Bonchev–Trinajstić information content (AvgIpc) is 1.04. The number of hydrogen-bond acceptors (Lipinski definition) is 21. The molecule has 1 fully saturated rings. The highest BCUT2D eigenvalue weighted by Gasteiger charge is 2.44. The van der Waals surface area contributed by atoms with E-state index in [0.717, 1.165) is 12.8 Å². The van der Waals surface area contributed by atoms with Gasteiger partial charge in [0.1, 0.15) is 35.6 Å². The van der Waals surface area contributed by atoms with Gasteiger partial charge in [-0.15, -0.1) is 0 Å². The summed E-state index contributed by atoms with van der Waals surface area (Å²) in [6.07, 6.45) is 23.8. The van der Waals surface area contributed by atoms with Gasteiger partial charge in [-0.1, -0.05) is 161 Å². The third kappa shape index (κ3) is 35.7. The Balaban J connectivity index is 1.81. The van der Waals surface area contributed by atoms with Crippen molar-refractivity contribution in [3.63, 3.8) is 0 Å². The van der Waals surface area contributed by atoms with E-state index in [-0.39, 0.29) is 93.8 Å². The lowest BCUT2D eigenvalue weighted by atomic mass is 9.88. The normalized spacial score (nSPS) is 24.1. The van der Waals surface area contributed by atoms with Gasteiger partial charge in [0.2, 0.25) is 5.91 Å². The van der Waals surface area contributed by atoms with Crippen molar-refractivity contribution in [3.8, 4) is 0 Å². The Kier molecular flexibility index (Phi) is 42.6. The summed E-state index contributed by atoms with van der Waals surface area (Å²) in [5, 5.41) is 159. The highest BCUT2D eigenvalue weighted by Crippen LogP contribution is 2.28. The molecule has 20 atom stereocenters. The molecule has 2 rings (SSSR count). The van der Waals surface area contributed by atoms with Crippen LogP contribution in [0.25, 0.3) is 0 Å². The molecule has 0 aromatic rings. The van der Waals surface area contributed by atoms with Gasteiger partial charge in [-0.3, -0.25) is 14.4 Å². The number of aliphatic hydroxyl groups excluding tert-OH is 15. The Morgan fingerprint density at radius 2 is 1.09 bits per heavy atom. The maximum Gasteiger partial charge on any atom is 0.248 e. The molecule has 518 valence electrons. The maximum absolute atomic E-state index is 13.6. The molecular formula is C70H108N2O20. The predicted octanol–water partition coefficient (Wildman–Crippen LogP) is 3.99. The molecule has 0 bridgehead atoms. The van der Waals surface area contributed by atoms with Gasteiger partial charge in [0.25, 0.3) is 0 Å². The summed E-state index contributed by atoms with van der Waals surface area (Å²) >= 11 is 0. The standard InChI is InChI=1S/C70H108N2O20/c1-46(27-20-16-12-8-5-6-11-15-19-23-35-64(86)72-65-60(83)36-37-61(65)84)66(87)48(3)59(82)33-21-17-13-9-7-10-14-18-22-34-63(92-70-69(90)68(89)67(88)49(4)91-70)47(2)62(85)45-58(81)44-57(80)42-53(76)31-25-30-52(75)41-56(79)43-55(78)40-51(74)29-24-28-50(73)39-54(77)32-26-38-71/h5-11,13-15,17-25,27,29,31,33,35,46-59,63,66-70,73-83,87-90H,12,16,26,28,30,32,34,36-45,71H2,1-4H3,(H,72,86)/b8-5+,9-7+,11-6+,14-10-,17-13+,19-15+,22-18+,27-20+,29-24+,31-25-,33-21+,35-23+/t46?,47?,48?,49-,50?,51?,52?,53?,54?,55?,56?,57?,58?,59?,63?,66?,67-,68+,69+,70-/m0/s1. The molecule has 18 N–H and O–H groups in total. The number of ether oxygens (including phenoxy) is 2. The molecule has 0 aromatic heterocycles. The molecule has 92 heavy (non-hydrogen) atoms. The number of amides is 1. The summed E-state index contributed by atoms with van der Waals surface area (Å²) in [5.74, 6) is -2.90. The number of hydrogen-bond donors (Lipinski definition) is 17. The number of ketones is 2. The van der Waals surface area contributed by atoms with Crippen molar-refractivity contribution in [1.29, 1.82) is 0 Å². The van der Waals surface area contributed by atoms with E-state index in [1.54, 1.807) is 98.9 Å². The zero-order valence-corrected chi connectivity index (χ0v) is 53.8. The monoisotopic (exact) mass is 1300 g/mol. The summed E-state index contributed by atoms with van der Waals surface area (Å²) in [5.41, 5.74) is 5.40. The van der Waals surface area contributed by atoms with E-state index >= 15 is 0 Å². The molecule has 1 aliphatic heterocycles. The van der Waals surface area contributed by atoms with E-state index in [0.29, 0.717) is 19.4 Å². The van der Waals surface area contributed by atoms with Crippen LogP contribution in [0.4, 0.5) is 0 Å². The first-order chi connectivity index (χ1) is 43.7. The molecule has 0 aromatic carbocycles. The fourth-order valence-corrected chi connectivity index (χ4v) is 9.94. The molecule has 22 nitrogen and oxygen atoms in total. The lowest BCUT2D eigenvalue weighted by Gasteiger charge is -2.41. The van der Waals surface area contributed by atoms with Gasteiger partial charge >= 0.3 is 0 Å². The molecule has 0 spiro atoms. The third-order valence-corrected chi connectivity index (χ3v) is 15.6. The Morgan fingerprint density at radius 3 is 1.66 bits per heavy atom. The van der Waals surface area contributed by atoms with E-state index in [9.17, 15) is 91.0 Å². The molecule has 1 amide bonds. The van der Waals surface area contributed by atoms with Gasteiger partial charge in [0.05, 0.1) is 79.4 Å². The number of nitrogens with two attached hydrogens (primary N) is 1. The lowest BCUT2D eigenvalue weighted by molar-refractivity contribution is -0.306. The van der Waals surface area contributed by atoms with Crippen LogP contribution in [0.1, 0.15) is 130 Å². The number of carbonyl (C=O) groups is 3. The van der Waals surface area contributed by atoms with Crippen LogP contribution in [-0.2, 0) is 23.9 Å². The van der Waals surface area contributed by atoms with Crippen LogP contribution in [0.3, 0.4) is 0 Å². The van der Waals surface area contributed by atoms with Crippen molar-refractivity contribution >= 4 is 17.5 Å². The van der Waals surface area contributed by atoms with E-state index < -0.39 is 134 Å². The van der Waals surface area contributed by atoms with Gasteiger partial charge in [0, 0.05) is 55.9 Å². The zero-order valence-electron chi connectivity index (χ0n) is 53.8. The average molecular weight is 1300 g/mol. The first kappa shape index (κ1) is 82.6. The zero-order chi connectivity index (χ0) is 68.5. The first-order valence-corrected chi connectivity index (χ1v) is 32.1. The summed E-state index contributed by atoms with van der Waals surface area (Å²) in [6, 6.07) is 0. The smallest absolute Gasteiger partial charge is 0.248 e. The van der Waals surface area contributed by atoms with Crippen LogP contribution in [-0.4, -0.2) is 205 Å². The first-order valence-electron chi connectivity index (χ1n) is 32.1. The fourth-order valence-electron chi connectivity index (χ4n) is 9.94. The number of unbranched alkanes of at least 4 members (excludes halogenated alkanes) is 1. The van der Waals surface area contributed by atoms with E-state index in [2.05, 4.69) is 5.32 Å². The maximum atomic E-state index is 13.6. The van der Waals surface area contributed by atoms with Gasteiger partial charge in [-0.05, 0) is 84.1 Å². The lowest BCUT2D eigenvalue weighted by Crippen LogP contribution is -2.58. The summed E-state index contributed by atoms with van der Waals surface area (Å²) in [4.78, 5) is 37.2. The van der Waals surface area contributed by atoms with Gasteiger partial charge < -0.3 is 97.1 Å². The second kappa shape index (κ2) is 47.4. The van der Waals surface area contributed by atoms with Crippen molar-refractivity contribution in [3.05, 3.63) is 157 Å². The molecule has 1 heterocycles. The molecule has 1 saturated heterocycles.